The minimum absolute atomic E-state index is 0.341. The normalized spacial score (nSPS) is 10.8. The highest BCUT2D eigenvalue weighted by atomic mass is 16.2. The molecule has 0 aliphatic heterocycles. The van der Waals surface area contributed by atoms with Crippen LogP contribution in [-0.2, 0) is 6.42 Å². The van der Waals surface area contributed by atoms with Gasteiger partial charge in [-0.05, 0) is 24.6 Å². The third kappa shape index (κ3) is 2.61. The van der Waals surface area contributed by atoms with Gasteiger partial charge in [0, 0.05) is 12.6 Å². The first-order valence-electron chi connectivity index (χ1n) is 6.57. The number of hydrogen-bond acceptors (Lipinski definition) is 4. The number of rotatable bonds is 3. The summed E-state index contributed by atoms with van der Waals surface area (Å²) in [4.78, 5) is 11.6. The molecule has 2 heterocycles. The van der Waals surface area contributed by atoms with Gasteiger partial charge in [0.15, 0.2) is 5.65 Å². The fourth-order valence-corrected chi connectivity index (χ4v) is 2.16. The van der Waals surface area contributed by atoms with Crippen LogP contribution >= 0.6 is 0 Å². The number of nitrogens with two attached hydrogens (primary N) is 1. The predicted molar refractivity (Wildman–Crippen MR) is 78.6 cm³/mol. The Morgan fingerprint density at radius 1 is 1.19 bits per heavy atom. The lowest BCUT2D eigenvalue weighted by Gasteiger charge is -2.04. The Balaban J connectivity index is 1.98. The van der Waals surface area contributed by atoms with Gasteiger partial charge in [-0.1, -0.05) is 29.8 Å². The number of amides is 1. The first kappa shape index (κ1) is 13.3. The molecule has 0 spiro atoms. The van der Waals surface area contributed by atoms with E-state index < -0.39 is 0 Å². The molecule has 21 heavy (non-hydrogen) atoms. The highest BCUT2D eigenvalue weighted by Crippen LogP contribution is 2.12. The molecule has 0 fully saturated rings. The number of hydrazine groups is 1. The zero-order chi connectivity index (χ0) is 14.8. The third-order valence-electron chi connectivity index (χ3n) is 3.35. The number of aromatic nitrogens is 3. The van der Waals surface area contributed by atoms with E-state index in [9.17, 15) is 4.79 Å². The summed E-state index contributed by atoms with van der Waals surface area (Å²) < 4.78 is 1.81. The Morgan fingerprint density at radius 2 is 1.95 bits per heavy atom. The van der Waals surface area contributed by atoms with Gasteiger partial charge in [-0.2, -0.15) is 0 Å². The second kappa shape index (κ2) is 5.34. The molecule has 0 radical (unpaired) electrons. The molecule has 3 N–H and O–H groups in total. The van der Waals surface area contributed by atoms with E-state index in [4.69, 9.17) is 5.84 Å². The van der Waals surface area contributed by atoms with Gasteiger partial charge < -0.3 is 0 Å². The van der Waals surface area contributed by atoms with Crippen LogP contribution in [-0.4, -0.2) is 20.5 Å². The average Bonchev–Trinajstić information content (AvgIpc) is 2.91. The van der Waals surface area contributed by atoms with Crippen molar-refractivity contribution in [1.29, 1.82) is 0 Å². The van der Waals surface area contributed by atoms with Crippen LogP contribution in [0.3, 0.4) is 0 Å². The zero-order valence-corrected chi connectivity index (χ0v) is 11.6. The molecule has 0 unspecified atom stereocenters. The first-order valence-corrected chi connectivity index (χ1v) is 6.57. The van der Waals surface area contributed by atoms with Crippen molar-refractivity contribution >= 4 is 11.6 Å². The van der Waals surface area contributed by atoms with Crippen molar-refractivity contribution in [3.63, 3.8) is 0 Å². The van der Waals surface area contributed by atoms with Gasteiger partial charge in [0.1, 0.15) is 5.82 Å². The van der Waals surface area contributed by atoms with Crippen LogP contribution in [0.4, 0.5) is 0 Å². The maximum atomic E-state index is 11.6. The van der Waals surface area contributed by atoms with Crippen LogP contribution in [0.15, 0.2) is 42.6 Å². The molecule has 0 saturated carbocycles. The average molecular weight is 281 g/mol. The smallest absolute Gasteiger partial charge is 0.266 e. The minimum atomic E-state index is -0.341. The number of benzene rings is 1. The van der Waals surface area contributed by atoms with Gasteiger partial charge in [-0.15, -0.1) is 10.2 Å². The molecule has 0 bridgehead atoms. The largest absolute Gasteiger partial charge is 0.290 e. The van der Waals surface area contributed by atoms with Crippen molar-refractivity contribution in [2.45, 2.75) is 13.3 Å². The molecular weight excluding hydrogens is 266 g/mol. The Labute approximate surface area is 121 Å². The van der Waals surface area contributed by atoms with Gasteiger partial charge in [-0.3, -0.25) is 14.6 Å². The predicted octanol–water partition coefficient (Wildman–Crippen LogP) is 1.23. The summed E-state index contributed by atoms with van der Waals surface area (Å²) in [6.07, 6.45) is 2.34. The molecule has 3 aromatic rings. The molecular formula is C15H15N5O. The molecule has 2 aromatic heterocycles. The summed E-state index contributed by atoms with van der Waals surface area (Å²) in [7, 11) is 0. The highest BCUT2D eigenvalue weighted by molar-refractivity contribution is 5.93. The number of aryl methyl sites for hydroxylation is 1. The summed E-state index contributed by atoms with van der Waals surface area (Å²) in [6, 6.07) is 11.7. The van der Waals surface area contributed by atoms with E-state index in [0.29, 0.717) is 17.6 Å². The summed E-state index contributed by atoms with van der Waals surface area (Å²) in [5, 5.41) is 8.30. The van der Waals surface area contributed by atoms with Crippen molar-refractivity contribution in [2.24, 2.45) is 5.84 Å². The zero-order valence-electron chi connectivity index (χ0n) is 11.6. The van der Waals surface area contributed by atoms with Crippen molar-refractivity contribution in [3.8, 4) is 0 Å². The van der Waals surface area contributed by atoms with Crippen molar-refractivity contribution in [2.75, 3.05) is 0 Å². The van der Waals surface area contributed by atoms with Gasteiger partial charge in [0.2, 0.25) is 0 Å². The second-order valence-electron chi connectivity index (χ2n) is 4.90. The molecule has 0 atom stereocenters. The lowest BCUT2D eigenvalue weighted by molar-refractivity contribution is 0.0953. The monoisotopic (exact) mass is 281 g/mol. The van der Waals surface area contributed by atoms with Gasteiger partial charge in [0.25, 0.3) is 5.91 Å². The van der Waals surface area contributed by atoms with Gasteiger partial charge >= 0.3 is 0 Å². The van der Waals surface area contributed by atoms with E-state index in [1.165, 1.54) is 5.56 Å². The summed E-state index contributed by atoms with van der Waals surface area (Å²) in [6.45, 7) is 2.05. The summed E-state index contributed by atoms with van der Waals surface area (Å²) in [5.74, 6) is 5.60. The van der Waals surface area contributed by atoms with Gasteiger partial charge in [0.05, 0.1) is 5.56 Å². The molecule has 6 nitrogen and oxygen atoms in total. The number of nitrogen functional groups attached to an aromatic ring is 1. The fraction of sp³-hybridized carbons (Fsp3) is 0.133. The lowest BCUT2D eigenvalue weighted by Crippen LogP contribution is -2.30. The Hall–Kier alpha value is -2.73. The molecule has 6 heteroatoms. The minimum Gasteiger partial charge on any atom is -0.290 e. The quantitative estimate of drug-likeness (QED) is 0.429. The van der Waals surface area contributed by atoms with Crippen LogP contribution < -0.4 is 11.3 Å². The van der Waals surface area contributed by atoms with Crippen LogP contribution in [0.2, 0.25) is 0 Å². The van der Waals surface area contributed by atoms with Crippen molar-refractivity contribution < 1.29 is 4.79 Å². The molecule has 0 aliphatic rings. The van der Waals surface area contributed by atoms with Gasteiger partial charge in [-0.25, -0.2) is 5.84 Å². The summed E-state index contributed by atoms with van der Waals surface area (Å²) in [5.41, 5.74) is 5.64. The van der Waals surface area contributed by atoms with Crippen molar-refractivity contribution in [1.82, 2.24) is 20.0 Å². The fourth-order valence-electron chi connectivity index (χ4n) is 2.16. The number of carbonyl (C=O) groups excluding carboxylic acids is 1. The van der Waals surface area contributed by atoms with Crippen LogP contribution in [0.5, 0.6) is 0 Å². The molecule has 0 saturated heterocycles. The highest BCUT2D eigenvalue weighted by Gasteiger charge is 2.10. The third-order valence-corrected chi connectivity index (χ3v) is 3.35. The van der Waals surface area contributed by atoms with Crippen LogP contribution in [0.1, 0.15) is 27.3 Å². The standard InChI is InChI=1S/C15H15N5O/c1-10-2-4-11(5-3-10)8-14-19-18-13-7-6-12(9-20(13)14)15(21)17-16/h2-7,9H,8,16H2,1H3,(H,17,21). The van der Waals surface area contributed by atoms with E-state index in [1.54, 1.807) is 18.3 Å². The van der Waals surface area contributed by atoms with E-state index in [-0.39, 0.29) is 5.91 Å². The molecule has 106 valence electrons. The molecule has 1 aromatic carbocycles. The Kier molecular flexibility index (Phi) is 3.37. The van der Waals surface area contributed by atoms with E-state index in [1.807, 2.05) is 11.3 Å². The Morgan fingerprint density at radius 3 is 2.67 bits per heavy atom. The van der Waals surface area contributed by atoms with E-state index in [2.05, 4.69) is 39.9 Å². The topological polar surface area (TPSA) is 85.3 Å². The number of hydrogen-bond donors (Lipinski definition) is 2. The maximum Gasteiger partial charge on any atom is 0.266 e. The van der Waals surface area contributed by atoms with Crippen LogP contribution in [0.25, 0.3) is 5.65 Å². The number of nitrogens with one attached hydrogen (secondary N) is 1. The molecule has 0 aliphatic carbocycles. The number of nitrogens with zero attached hydrogens (tertiary/aromatic N) is 3. The number of pyridine rings is 1. The van der Waals surface area contributed by atoms with Crippen molar-refractivity contribution in [3.05, 3.63) is 65.1 Å². The maximum absolute atomic E-state index is 11.6. The summed E-state index contributed by atoms with van der Waals surface area (Å²) >= 11 is 0. The molecule has 1 amide bonds. The first-order chi connectivity index (χ1) is 10.2. The number of fused-ring (bicyclic) bond motifs is 1. The molecule has 3 rings (SSSR count). The SMILES string of the molecule is Cc1ccc(Cc2nnc3ccc(C(=O)NN)cn23)cc1. The lowest BCUT2D eigenvalue weighted by atomic mass is 10.1. The number of carbonyl (C=O) groups is 1. The second-order valence-corrected chi connectivity index (χ2v) is 4.90. The van der Waals surface area contributed by atoms with E-state index in [0.717, 1.165) is 11.4 Å². The van der Waals surface area contributed by atoms with Crippen LogP contribution in [0, 0.1) is 6.92 Å². The Bertz CT molecular complexity index is 791. The van der Waals surface area contributed by atoms with E-state index >= 15 is 0 Å².